The van der Waals surface area contributed by atoms with Crippen LogP contribution in [0.15, 0.2) is 0 Å². The molecule has 0 saturated heterocycles. The zero-order valence-corrected chi connectivity index (χ0v) is 12.2. The van der Waals surface area contributed by atoms with Gasteiger partial charge in [-0.05, 0) is 37.9 Å². The number of unbranched alkanes of at least 4 members (excludes halogenated alkanes) is 1. The molecule has 0 bridgehead atoms. The normalized spacial score (nSPS) is 14.7. The first-order valence-corrected chi connectivity index (χ1v) is 8.73. The second kappa shape index (κ2) is 5.72. The minimum Gasteiger partial charge on any atom is -0.414 e. The van der Waals surface area contributed by atoms with Gasteiger partial charge in [0.2, 0.25) is 0 Å². The summed E-state index contributed by atoms with van der Waals surface area (Å²) in [6, 6.07) is 0. The maximum Gasteiger partial charge on any atom is 0.192 e. The highest BCUT2D eigenvalue weighted by Crippen LogP contribution is 2.37. The fourth-order valence-corrected chi connectivity index (χ4v) is 2.71. The number of rotatable bonds is 5. The molecule has 0 aliphatic carbocycles. The molecular formula is C13H26OSi. The summed E-state index contributed by atoms with van der Waals surface area (Å²) in [5.41, 5.74) is 0. The number of terminal acetylenes is 1. The van der Waals surface area contributed by atoms with Crippen molar-refractivity contribution in [1.29, 1.82) is 0 Å². The van der Waals surface area contributed by atoms with Crippen molar-refractivity contribution in [2.24, 2.45) is 0 Å². The van der Waals surface area contributed by atoms with Crippen molar-refractivity contribution in [3.8, 4) is 12.3 Å². The smallest absolute Gasteiger partial charge is 0.192 e. The maximum atomic E-state index is 6.22. The average molecular weight is 226 g/mol. The van der Waals surface area contributed by atoms with E-state index in [1.165, 1.54) is 0 Å². The average Bonchev–Trinajstić information content (AvgIpc) is 2.01. The molecule has 0 aromatic rings. The highest BCUT2D eigenvalue weighted by molar-refractivity contribution is 6.74. The van der Waals surface area contributed by atoms with Crippen LogP contribution in [-0.4, -0.2) is 14.4 Å². The molecule has 0 aliphatic rings. The van der Waals surface area contributed by atoms with E-state index < -0.39 is 8.32 Å². The predicted octanol–water partition coefficient (Wildman–Crippen LogP) is 4.20. The van der Waals surface area contributed by atoms with E-state index in [2.05, 4.69) is 46.7 Å². The van der Waals surface area contributed by atoms with Crippen LogP contribution < -0.4 is 0 Å². The molecule has 0 aliphatic heterocycles. The molecule has 1 atom stereocenters. The van der Waals surface area contributed by atoms with Gasteiger partial charge >= 0.3 is 0 Å². The second-order valence-electron chi connectivity index (χ2n) is 5.79. The van der Waals surface area contributed by atoms with Gasteiger partial charge in [0, 0.05) is 12.5 Å². The number of hydrogen-bond acceptors (Lipinski definition) is 1. The van der Waals surface area contributed by atoms with Crippen molar-refractivity contribution < 1.29 is 4.43 Å². The first-order valence-electron chi connectivity index (χ1n) is 5.82. The minimum absolute atomic E-state index is 0.299. The molecule has 0 rings (SSSR count). The molecule has 1 unspecified atom stereocenters. The van der Waals surface area contributed by atoms with Crippen LogP contribution in [0.1, 0.15) is 47.0 Å². The Bertz CT molecular complexity index is 220. The van der Waals surface area contributed by atoms with Gasteiger partial charge in [0.1, 0.15) is 0 Å². The van der Waals surface area contributed by atoms with Crippen LogP contribution in [0.5, 0.6) is 0 Å². The van der Waals surface area contributed by atoms with Crippen LogP contribution in [0.3, 0.4) is 0 Å². The Kier molecular flexibility index (Phi) is 5.62. The second-order valence-corrected chi connectivity index (χ2v) is 10.5. The van der Waals surface area contributed by atoms with Crippen LogP contribution >= 0.6 is 0 Å². The third-order valence-corrected chi connectivity index (χ3v) is 7.84. The van der Waals surface area contributed by atoms with Crippen molar-refractivity contribution in [3.05, 3.63) is 0 Å². The Morgan fingerprint density at radius 1 is 1.33 bits per heavy atom. The molecule has 0 amide bonds. The van der Waals surface area contributed by atoms with Gasteiger partial charge < -0.3 is 4.43 Å². The van der Waals surface area contributed by atoms with Gasteiger partial charge in [-0.15, -0.1) is 12.3 Å². The van der Waals surface area contributed by atoms with Crippen LogP contribution in [0.25, 0.3) is 0 Å². The highest BCUT2D eigenvalue weighted by atomic mass is 28.4. The molecule has 2 heteroatoms. The molecular weight excluding hydrogens is 200 g/mol. The van der Waals surface area contributed by atoms with Gasteiger partial charge in [0.05, 0.1) is 0 Å². The lowest BCUT2D eigenvalue weighted by Gasteiger charge is -2.38. The fraction of sp³-hybridized carbons (Fsp3) is 0.846. The Labute approximate surface area is 96.7 Å². The first kappa shape index (κ1) is 14.7. The Balaban J connectivity index is 4.06. The fourth-order valence-electron chi connectivity index (χ4n) is 1.23. The zero-order chi connectivity index (χ0) is 12.1. The standard InChI is InChI=1S/C13H26OSi/c1-8-9-10-11-12(2)14-15(6,7)13(3,4)5/h1,12H,9-11H2,2-7H3. The molecule has 0 N–H and O–H groups in total. The van der Waals surface area contributed by atoms with Crippen LogP contribution in [0.2, 0.25) is 18.1 Å². The van der Waals surface area contributed by atoms with Gasteiger partial charge in [0.25, 0.3) is 0 Å². The quantitative estimate of drug-likeness (QED) is 0.388. The molecule has 0 spiro atoms. The molecule has 0 heterocycles. The van der Waals surface area contributed by atoms with E-state index in [0.717, 1.165) is 19.3 Å². The molecule has 1 nitrogen and oxygen atoms in total. The summed E-state index contributed by atoms with van der Waals surface area (Å²) < 4.78 is 6.22. The van der Waals surface area contributed by atoms with E-state index in [4.69, 9.17) is 10.8 Å². The zero-order valence-electron chi connectivity index (χ0n) is 11.2. The molecule has 0 radical (unpaired) electrons. The first-order chi connectivity index (χ1) is 6.70. The molecule has 0 aromatic heterocycles. The van der Waals surface area contributed by atoms with Gasteiger partial charge in [0.15, 0.2) is 8.32 Å². The summed E-state index contributed by atoms with van der Waals surface area (Å²) in [7, 11) is -1.58. The molecule has 88 valence electrons. The van der Waals surface area contributed by atoms with Gasteiger partial charge in [-0.2, -0.15) is 0 Å². The van der Waals surface area contributed by atoms with E-state index in [9.17, 15) is 0 Å². The predicted molar refractivity (Wildman–Crippen MR) is 70.4 cm³/mol. The third kappa shape index (κ3) is 5.39. The van der Waals surface area contributed by atoms with Crippen molar-refractivity contribution in [2.45, 2.75) is 71.2 Å². The SMILES string of the molecule is C#CCCCC(C)O[Si](C)(C)C(C)(C)C. The van der Waals surface area contributed by atoms with Crippen molar-refractivity contribution >= 4 is 8.32 Å². The van der Waals surface area contributed by atoms with Gasteiger partial charge in [-0.3, -0.25) is 0 Å². The monoisotopic (exact) mass is 226 g/mol. The van der Waals surface area contributed by atoms with E-state index >= 15 is 0 Å². The summed E-state index contributed by atoms with van der Waals surface area (Å²) in [5, 5.41) is 0.299. The lowest BCUT2D eigenvalue weighted by Crippen LogP contribution is -2.43. The molecule has 0 fully saturated rings. The van der Waals surface area contributed by atoms with Crippen molar-refractivity contribution in [1.82, 2.24) is 0 Å². The molecule has 15 heavy (non-hydrogen) atoms. The lowest BCUT2D eigenvalue weighted by molar-refractivity contribution is 0.187. The lowest BCUT2D eigenvalue weighted by atomic mass is 10.2. The van der Waals surface area contributed by atoms with Gasteiger partial charge in [-0.1, -0.05) is 20.8 Å². The van der Waals surface area contributed by atoms with Crippen LogP contribution in [0, 0.1) is 12.3 Å². The van der Waals surface area contributed by atoms with Crippen molar-refractivity contribution in [2.75, 3.05) is 0 Å². The molecule has 0 saturated carbocycles. The summed E-state index contributed by atoms with van der Waals surface area (Å²) in [6.07, 6.45) is 8.60. The van der Waals surface area contributed by atoms with E-state index in [1.54, 1.807) is 0 Å². The van der Waals surface area contributed by atoms with Crippen LogP contribution in [-0.2, 0) is 4.43 Å². The van der Waals surface area contributed by atoms with E-state index in [-0.39, 0.29) is 0 Å². The summed E-state index contributed by atoms with van der Waals surface area (Å²) in [5.74, 6) is 2.67. The Hall–Kier alpha value is -0.263. The van der Waals surface area contributed by atoms with Crippen LogP contribution in [0.4, 0.5) is 0 Å². The summed E-state index contributed by atoms with van der Waals surface area (Å²) in [4.78, 5) is 0. The topological polar surface area (TPSA) is 9.23 Å². The Morgan fingerprint density at radius 2 is 1.87 bits per heavy atom. The minimum atomic E-state index is -1.58. The Morgan fingerprint density at radius 3 is 2.27 bits per heavy atom. The number of hydrogen-bond donors (Lipinski definition) is 0. The maximum absolute atomic E-state index is 6.22. The largest absolute Gasteiger partial charge is 0.414 e. The van der Waals surface area contributed by atoms with E-state index in [0.29, 0.717) is 11.1 Å². The van der Waals surface area contributed by atoms with E-state index in [1.807, 2.05) is 0 Å². The summed E-state index contributed by atoms with van der Waals surface area (Å²) in [6.45, 7) is 13.6. The third-order valence-electron chi connectivity index (χ3n) is 3.23. The molecule has 0 aromatic carbocycles. The summed E-state index contributed by atoms with van der Waals surface area (Å²) >= 11 is 0. The van der Waals surface area contributed by atoms with Gasteiger partial charge in [-0.25, -0.2) is 0 Å². The van der Waals surface area contributed by atoms with Crippen molar-refractivity contribution in [3.63, 3.8) is 0 Å². The highest BCUT2D eigenvalue weighted by Gasteiger charge is 2.38.